The molecule has 0 aliphatic heterocycles. The van der Waals surface area contributed by atoms with Crippen molar-refractivity contribution in [3.63, 3.8) is 0 Å². The van der Waals surface area contributed by atoms with Gasteiger partial charge < -0.3 is 5.73 Å². The summed E-state index contributed by atoms with van der Waals surface area (Å²) in [7, 11) is -3.91. The SMILES string of the molecule is NCC(F)(F)CNS(=O)(=O)c1ccc(I)cc1. The van der Waals surface area contributed by atoms with Crippen LogP contribution in [0.3, 0.4) is 0 Å². The first-order chi connectivity index (χ1) is 7.77. The number of benzene rings is 1. The minimum atomic E-state index is -3.91. The maximum atomic E-state index is 12.8. The summed E-state index contributed by atoms with van der Waals surface area (Å²) in [5.74, 6) is -3.24. The molecule has 0 atom stereocenters. The molecule has 0 aliphatic rings. The molecule has 0 heterocycles. The molecule has 0 aliphatic carbocycles. The highest BCUT2D eigenvalue weighted by Crippen LogP contribution is 2.14. The number of nitrogens with one attached hydrogen (secondary N) is 1. The van der Waals surface area contributed by atoms with Gasteiger partial charge in [-0.15, -0.1) is 0 Å². The van der Waals surface area contributed by atoms with E-state index in [4.69, 9.17) is 5.73 Å². The van der Waals surface area contributed by atoms with Crippen molar-refractivity contribution < 1.29 is 17.2 Å². The Morgan fingerprint density at radius 1 is 1.29 bits per heavy atom. The predicted molar refractivity (Wildman–Crippen MR) is 68.3 cm³/mol. The molecular weight excluding hydrogens is 365 g/mol. The van der Waals surface area contributed by atoms with E-state index in [2.05, 4.69) is 0 Å². The van der Waals surface area contributed by atoms with Crippen LogP contribution in [0.5, 0.6) is 0 Å². The lowest BCUT2D eigenvalue weighted by Crippen LogP contribution is -2.41. The smallest absolute Gasteiger partial charge is 0.273 e. The van der Waals surface area contributed by atoms with Gasteiger partial charge in [0.15, 0.2) is 0 Å². The van der Waals surface area contributed by atoms with Crippen molar-refractivity contribution in [3.8, 4) is 0 Å². The molecule has 0 radical (unpaired) electrons. The molecule has 0 unspecified atom stereocenters. The van der Waals surface area contributed by atoms with Crippen LogP contribution in [0.4, 0.5) is 8.78 Å². The number of hydrogen-bond donors (Lipinski definition) is 2. The van der Waals surface area contributed by atoms with Gasteiger partial charge in [0.25, 0.3) is 5.92 Å². The fraction of sp³-hybridized carbons (Fsp3) is 0.333. The summed E-state index contributed by atoms with van der Waals surface area (Å²) in [5, 5.41) is 0. The van der Waals surface area contributed by atoms with E-state index in [-0.39, 0.29) is 4.90 Å². The van der Waals surface area contributed by atoms with Crippen LogP contribution in [0.2, 0.25) is 0 Å². The highest BCUT2D eigenvalue weighted by Gasteiger charge is 2.29. The number of nitrogens with two attached hydrogens (primary N) is 1. The molecule has 0 amide bonds. The van der Waals surface area contributed by atoms with Crippen molar-refractivity contribution in [2.75, 3.05) is 13.1 Å². The summed E-state index contributed by atoms with van der Waals surface area (Å²) in [4.78, 5) is -0.0502. The van der Waals surface area contributed by atoms with Crippen molar-refractivity contribution >= 4 is 32.6 Å². The molecule has 1 aromatic rings. The molecule has 96 valence electrons. The third-order valence-electron chi connectivity index (χ3n) is 1.94. The summed E-state index contributed by atoms with van der Waals surface area (Å²) in [6.07, 6.45) is 0. The van der Waals surface area contributed by atoms with Gasteiger partial charge in [-0.3, -0.25) is 0 Å². The molecule has 0 bridgehead atoms. The maximum absolute atomic E-state index is 12.8. The normalized spacial score (nSPS) is 12.7. The van der Waals surface area contributed by atoms with E-state index < -0.39 is 29.0 Å². The number of halogens is 3. The summed E-state index contributed by atoms with van der Waals surface area (Å²) in [6, 6.07) is 5.86. The van der Waals surface area contributed by atoms with E-state index in [9.17, 15) is 17.2 Å². The number of hydrogen-bond acceptors (Lipinski definition) is 3. The van der Waals surface area contributed by atoms with Crippen LogP contribution < -0.4 is 10.5 Å². The van der Waals surface area contributed by atoms with E-state index in [0.29, 0.717) is 0 Å². The topological polar surface area (TPSA) is 72.2 Å². The second kappa shape index (κ2) is 5.55. The number of sulfonamides is 1. The first-order valence-electron chi connectivity index (χ1n) is 4.60. The number of rotatable bonds is 5. The third-order valence-corrected chi connectivity index (χ3v) is 4.08. The van der Waals surface area contributed by atoms with Crippen LogP contribution in [-0.4, -0.2) is 27.4 Å². The van der Waals surface area contributed by atoms with Gasteiger partial charge >= 0.3 is 0 Å². The third kappa shape index (κ3) is 4.45. The fourth-order valence-corrected chi connectivity index (χ4v) is 2.39. The Morgan fingerprint density at radius 2 is 1.82 bits per heavy atom. The van der Waals surface area contributed by atoms with Gasteiger partial charge in [-0.2, -0.15) is 0 Å². The van der Waals surface area contributed by atoms with Crippen LogP contribution in [-0.2, 0) is 10.0 Å². The van der Waals surface area contributed by atoms with Gasteiger partial charge in [-0.1, -0.05) is 0 Å². The van der Waals surface area contributed by atoms with Crippen LogP contribution in [0.1, 0.15) is 0 Å². The number of alkyl halides is 2. The molecule has 4 nitrogen and oxygen atoms in total. The van der Waals surface area contributed by atoms with Crippen molar-refractivity contribution in [2.24, 2.45) is 5.73 Å². The highest BCUT2D eigenvalue weighted by molar-refractivity contribution is 14.1. The summed E-state index contributed by atoms with van der Waals surface area (Å²) in [6.45, 7) is -1.90. The van der Waals surface area contributed by atoms with Gasteiger partial charge in [0, 0.05) is 3.57 Å². The lowest BCUT2D eigenvalue weighted by atomic mass is 10.3. The molecule has 1 aromatic carbocycles. The quantitative estimate of drug-likeness (QED) is 0.758. The molecule has 3 N–H and O–H groups in total. The Morgan fingerprint density at radius 3 is 2.29 bits per heavy atom. The Balaban J connectivity index is 2.79. The molecule has 17 heavy (non-hydrogen) atoms. The molecular formula is C9H11F2IN2O2S. The monoisotopic (exact) mass is 376 g/mol. The molecule has 8 heteroatoms. The van der Waals surface area contributed by atoms with E-state index >= 15 is 0 Å². The van der Waals surface area contributed by atoms with E-state index in [1.54, 1.807) is 12.1 Å². The van der Waals surface area contributed by atoms with E-state index in [1.165, 1.54) is 12.1 Å². The Labute approximate surface area is 112 Å². The first kappa shape index (κ1) is 14.7. The van der Waals surface area contributed by atoms with E-state index in [0.717, 1.165) is 3.57 Å². The zero-order chi connectivity index (χ0) is 13.1. The molecule has 0 spiro atoms. The largest absolute Gasteiger partial charge is 0.325 e. The standard InChI is InChI=1S/C9H11F2IN2O2S/c10-9(11,5-13)6-14-17(15,16)8-3-1-7(12)2-4-8/h1-4,14H,5-6,13H2. The minimum Gasteiger partial charge on any atom is -0.325 e. The van der Waals surface area contributed by atoms with Crippen molar-refractivity contribution in [2.45, 2.75) is 10.8 Å². The highest BCUT2D eigenvalue weighted by atomic mass is 127. The predicted octanol–water partition coefficient (Wildman–Crippen LogP) is 1.16. The van der Waals surface area contributed by atoms with Gasteiger partial charge in [-0.25, -0.2) is 21.9 Å². The Hall–Kier alpha value is -0.320. The first-order valence-corrected chi connectivity index (χ1v) is 7.16. The van der Waals surface area contributed by atoms with Gasteiger partial charge in [0.05, 0.1) is 18.0 Å². The van der Waals surface area contributed by atoms with Crippen molar-refractivity contribution in [1.82, 2.24) is 4.72 Å². The Kier molecular flexibility index (Phi) is 4.81. The maximum Gasteiger partial charge on any atom is 0.273 e. The van der Waals surface area contributed by atoms with Crippen LogP contribution in [0.15, 0.2) is 29.2 Å². The molecule has 1 rings (SSSR count). The van der Waals surface area contributed by atoms with Crippen LogP contribution in [0.25, 0.3) is 0 Å². The van der Waals surface area contributed by atoms with E-state index in [1.807, 2.05) is 27.3 Å². The lowest BCUT2D eigenvalue weighted by Gasteiger charge is -2.14. The van der Waals surface area contributed by atoms with Gasteiger partial charge in [-0.05, 0) is 46.9 Å². The summed E-state index contributed by atoms with van der Waals surface area (Å²) < 4.78 is 51.5. The Bertz CT molecular complexity index is 476. The summed E-state index contributed by atoms with van der Waals surface area (Å²) in [5.41, 5.74) is 4.81. The second-order valence-corrected chi connectivity index (χ2v) is 6.35. The average Bonchev–Trinajstić information content (AvgIpc) is 2.27. The van der Waals surface area contributed by atoms with Gasteiger partial charge in [0.2, 0.25) is 10.0 Å². The zero-order valence-electron chi connectivity index (χ0n) is 8.66. The van der Waals surface area contributed by atoms with Gasteiger partial charge in [0.1, 0.15) is 0 Å². The van der Waals surface area contributed by atoms with Crippen LogP contribution >= 0.6 is 22.6 Å². The molecule has 0 aromatic heterocycles. The van der Waals surface area contributed by atoms with Crippen molar-refractivity contribution in [1.29, 1.82) is 0 Å². The second-order valence-electron chi connectivity index (χ2n) is 3.34. The molecule has 0 saturated heterocycles. The lowest BCUT2D eigenvalue weighted by molar-refractivity contribution is 0.0170. The minimum absolute atomic E-state index is 0.0502. The zero-order valence-corrected chi connectivity index (χ0v) is 11.6. The molecule has 0 fully saturated rings. The van der Waals surface area contributed by atoms with Crippen LogP contribution in [0, 0.1) is 3.57 Å². The molecule has 0 saturated carbocycles. The fourth-order valence-electron chi connectivity index (χ4n) is 0.970. The summed E-state index contributed by atoms with van der Waals surface area (Å²) >= 11 is 2.01. The average molecular weight is 376 g/mol. The van der Waals surface area contributed by atoms with Crippen molar-refractivity contribution in [3.05, 3.63) is 27.8 Å².